The van der Waals surface area contributed by atoms with Crippen LogP contribution in [0.4, 0.5) is 14.2 Å². The van der Waals surface area contributed by atoms with Gasteiger partial charge >= 0.3 is 6.03 Å². The summed E-state index contributed by atoms with van der Waals surface area (Å²) in [6.45, 7) is 7.31. The Labute approximate surface area is 187 Å². The Bertz CT molecular complexity index is 876. The number of aromatic nitrogens is 1. The Morgan fingerprint density at radius 1 is 1.33 bits per heavy atom. The minimum Gasteiger partial charge on any atom is -0.471 e. The molecule has 2 aromatic rings. The van der Waals surface area contributed by atoms with Crippen LogP contribution in [0, 0.1) is 5.82 Å². The largest absolute Gasteiger partial charge is 0.471 e. The topological polar surface area (TPSA) is 110 Å². The summed E-state index contributed by atoms with van der Waals surface area (Å²) < 4.78 is 24.1. The van der Waals surface area contributed by atoms with Crippen molar-refractivity contribution in [1.29, 1.82) is 0 Å². The van der Waals surface area contributed by atoms with E-state index in [4.69, 9.17) is 10.5 Å². The van der Waals surface area contributed by atoms with Crippen LogP contribution >= 0.6 is 27.5 Å². The maximum absolute atomic E-state index is 13.9. The van der Waals surface area contributed by atoms with Crippen LogP contribution in [0.3, 0.4) is 0 Å². The number of primary amides is 1. The minimum absolute atomic E-state index is 0.0455. The first-order chi connectivity index (χ1) is 14.3. The maximum atomic E-state index is 13.9. The molecule has 1 aromatic heterocycles. The summed E-state index contributed by atoms with van der Waals surface area (Å²) in [6.07, 6.45) is 0.799. The van der Waals surface area contributed by atoms with E-state index in [1.807, 2.05) is 0 Å². The number of hydrogen-bond acceptors (Lipinski definition) is 6. The summed E-state index contributed by atoms with van der Waals surface area (Å²) in [7, 11) is 0. The van der Waals surface area contributed by atoms with Gasteiger partial charge in [0.05, 0.1) is 0 Å². The van der Waals surface area contributed by atoms with Crippen molar-refractivity contribution in [3.63, 3.8) is 0 Å². The zero-order valence-corrected chi connectivity index (χ0v) is 19.2. The van der Waals surface area contributed by atoms with Crippen molar-refractivity contribution in [3.05, 3.63) is 39.6 Å². The molecule has 0 atom stereocenters. The number of urea groups is 1. The van der Waals surface area contributed by atoms with Crippen molar-refractivity contribution in [3.8, 4) is 5.88 Å². The molecule has 4 N–H and O–H groups in total. The second kappa shape index (κ2) is 11.8. The van der Waals surface area contributed by atoms with Gasteiger partial charge in [-0.2, -0.15) is 4.37 Å². The number of carbonyl (C=O) groups excluding carboxylic acids is 2. The first kappa shape index (κ1) is 24.0. The molecular weight excluding hydrogens is 477 g/mol. The normalized spacial score (nSPS) is 10.8. The predicted molar refractivity (Wildman–Crippen MR) is 118 cm³/mol. The van der Waals surface area contributed by atoms with Crippen LogP contribution in [0.2, 0.25) is 0 Å². The third-order valence-electron chi connectivity index (χ3n) is 4.34. The number of nitrogens with zero attached hydrogens (tertiary/aromatic N) is 2. The van der Waals surface area contributed by atoms with E-state index >= 15 is 0 Å². The Balaban J connectivity index is 1.94. The van der Waals surface area contributed by atoms with E-state index in [1.54, 1.807) is 12.1 Å². The molecule has 0 fully saturated rings. The Kier molecular flexibility index (Phi) is 9.47. The lowest BCUT2D eigenvalue weighted by Gasteiger charge is -2.17. The van der Waals surface area contributed by atoms with Crippen molar-refractivity contribution >= 4 is 44.4 Å². The lowest BCUT2D eigenvalue weighted by molar-refractivity contribution is 0.0996. The fourth-order valence-corrected chi connectivity index (χ4v) is 3.72. The Hall–Kier alpha value is -2.24. The van der Waals surface area contributed by atoms with Crippen LogP contribution in [0.15, 0.2) is 22.7 Å². The van der Waals surface area contributed by atoms with Crippen molar-refractivity contribution in [2.75, 3.05) is 31.5 Å². The molecule has 0 unspecified atom stereocenters. The van der Waals surface area contributed by atoms with Crippen LogP contribution in [0.5, 0.6) is 5.88 Å². The molecule has 0 bridgehead atoms. The summed E-state index contributed by atoms with van der Waals surface area (Å²) in [4.78, 5) is 26.2. The quantitative estimate of drug-likeness (QED) is 0.407. The highest BCUT2D eigenvalue weighted by Crippen LogP contribution is 2.31. The Morgan fingerprint density at radius 3 is 2.70 bits per heavy atom. The number of hydrogen-bond donors (Lipinski definition) is 3. The average molecular weight is 502 g/mol. The molecule has 1 aromatic carbocycles. The first-order valence-corrected chi connectivity index (χ1v) is 11.1. The summed E-state index contributed by atoms with van der Waals surface area (Å²) >= 11 is 4.05. The second-order valence-corrected chi connectivity index (χ2v) is 8.03. The summed E-state index contributed by atoms with van der Waals surface area (Å²) in [5.41, 5.74) is 5.68. The maximum Gasteiger partial charge on any atom is 0.319 e. The highest BCUT2D eigenvalue weighted by molar-refractivity contribution is 9.10. The monoisotopic (exact) mass is 501 g/mol. The summed E-state index contributed by atoms with van der Waals surface area (Å²) in [6, 6.07) is 4.08. The molecule has 0 radical (unpaired) electrons. The number of amides is 3. The van der Waals surface area contributed by atoms with Gasteiger partial charge in [0.25, 0.3) is 5.91 Å². The van der Waals surface area contributed by atoms with Crippen molar-refractivity contribution in [2.24, 2.45) is 5.73 Å². The zero-order chi connectivity index (χ0) is 22.1. The number of halogens is 2. The predicted octanol–water partition coefficient (Wildman–Crippen LogP) is 3.58. The molecule has 3 amide bonds. The van der Waals surface area contributed by atoms with Gasteiger partial charge in [0.1, 0.15) is 23.0 Å². The molecule has 0 aliphatic carbocycles. The number of nitrogens with one attached hydrogen (secondary N) is 2. The molecule has 0 spiro atoms. The van der Waals surface area contributed by atoms with E-state index in [-0.39, 0.29) is 23.1 Å². The van der Waals surface area contributed by atoms with Gasteiger partial charge < -0.3 is 20.7 Å². The van der Waals surface area contributed by atoms with E-state index in [9.17, 15) is 14.0 Å². The van der Waals surface area contributed by atoms with Gasteiger partial charge in [-0.1, -0.05) is 35.8 Å². The van der Waals surface area contributed by atoms with Crippen molar-refractivity contribution in [2.45, 2.75) is 26.9 Å². The van der Waals surface area contributed by atoms with Gasteiger partial charge in [0.2, 0.25) is 5.88 Å². The van der Waals surface area contributed by atoms with Gasteiger partial charge in [-0.15, -0.1) is 0 Å². The summed E-state index contributed by atoms with van der Waals surface area (Å²) in [5, 5.41) is 5.49. The first-order valence-electron chi connectivity index (χ1n) is 9.49. The molecule has 30 heavy (non-hydrogen) atoms. The van der Waals surface area contributed by atoms with Gasteiger partial charge in [-0.05, 0) is 49.7 Å². The van der Waals surface area contributed by atoms with Gasteiger partial charge in [0.15, 0.2) is 0 Å². The van der Waals surface area contributed by atoms with Gasteiger partial charge in [-0.25, -0.2) is 9.18 Å². The smallest absolute Gasteiger partial charge is 0.319 e. The van der Waals surface area contributed by atoms with Crippen molar-refractivity contribution in [1.82, 2.24) is 14.6 Å². The lowest BCUT2D eigenvalue weighted by Crippen LogP contribution is -2.32. The zero-order valence-electron chi connectivity index (χ0n) is 16.8. The van der Waals surface area contributed by atoms with E-state index in [0.29, 0.717) is 16.6 Å². The van der Waals surface area contributed by atoms with Crippen LogP contribution in [0.25, 0.3) is 0 Å². The number of benzene rings is 1. The van der Waals surface area contributed by atoms with Crippen LogP contribution in [0.1, 0.15) is 36.2 Å². The molecule has 0 saturated carbocycles. The van der Waals surface area contributed by atoms with Crippen LogP contribution < -0.4 is 21.1 Å². The molecule has 0 aliphatic rings. The van der Waals surface area contributed by atoms with E-state index in [2.05, 4.69) is 49.7 Å². The average Bonchev–Trinajstić information content (AvgIpc) is 3.10. The third-order valence-corrected chi connectivity index (χ3v) is 5.58. The fourth-order valence-electron chi connectivity index (χ4n) is 2.65. The molecular formula is C19H25BrFN5O3S. The summed E-state index contributed by atoms with van der Waals surface area (Å²) in [5.74, 6) is -1.30. The number of anilines is 1. The minimum atomic E-state index is -0.799. The van der Waals surface area contributed by atoms with Gasteiger partial charge in [0, 0.05) is 16.6 Å². The third kappa shape index (κ3) is 6.92. The number of ether oxygens (including phenoxy) is 1. The molecule has 164 valence electrons. The molecule has 8 nitrogen and oxygen atoms in total. The van der Waals surface area contributed by atoms with Crippen molar-refractivity contribution < 1.29 is 18.7 Å². The Morgan fingerprint density at radius 2 is 2.07 bits per heavy atom. The van der Waals surface area contributed by atoms with Crippen LogP contribution in [-0.2, 0) is 6.61 Å². The van der Waals surface area contributed by atoms with E-state index in [1.165, 1.54) is 6.07 Å². The lowest BCUT2D eigenvalue weighted by atomic mass is 10.2. The molecule has 1 heterocycles. The number of rotatable bonds is 11. The van der Waals surface area contributed by atoms with Crippen LogP contribution in [-0.4, -0.2) is 47.4 Å². The van der Waals surface area contributed by atoms with E-state index < -0.39 is 17.8 Å². The van der Waals surface area contributed by atoms with E-state index in [0.717, 1.165) is 37.6 Å². The molecule has 0 saturated heterocycles. The number of nitrogens with two attached hydrogens (primary N) is 1. The molecule has 0 aliphatic heterocycles. The molecule has 2 rings (SSSR count). The number of carbonyl (C=O) groups is 2. The highest BCUT2D eigenvalue weighted by atomic mass is 79.9. The highest BCUT2D eigenvalue weighted by Gasteiger charge is 2.22. The second-order valence-electron chi connectivity index (χ2n) is 6.34. The standard InChI is InChI=1S/C19H25BrFN5O3S/c1-3-26(4-2)9-5-8-23-19(28)24-18-15(16(22)27)17(25-30-18)29-11-12-6-7-13(20)10-14(12)21/h6-7,10H,3-5,8-9,11H2,1-2H3,(H2,22,27)(H2,23,24,28). The van der Waals surface area contributed by atoms with Gasteiger partial charge in [-0.3, -0.25) is 10.1 Å². The molecule has 11 heteroatoms. The fraction of sp³-hybridized carbons (Fsp3) is 0.421. The SMILES string of the molecule is CCN(CC)CCCNC(=O)Nc1snc(OCc2ccc(Br)cc2F)c1C(N)=O.